The molecule has 1 aliphatic heterocycles. The van der Waals surface area contributed by atoms with Gasteiger partial charge in [0.1, 0.15) is 0 Å². The molecule has 4 rings (SSSR count). The molecule has 4 heteroatoms. The zero-order valence-corrected chi connectivity index (χ0v) is 14.3. The third kappa shape index (κ3) is 2.26. The Balaban J connectivity index is 1.88. The van der Waals surface area contributed by atoms with Gasteiger partial charge in [0.15, 0.2) is 0 Å². The minimum Gasteiger partial charge on any atom is -0.309 e. The van der Waals surface area contributed by atoms with Gasteiger partial charge in [-0.1, -0.05) is 17.7 Å². The number of amides is 1. The molecule has 0 unspecified atom stereocenters. The molecule has 122 valence electrons. The van der Waals surface area contributed by atoms with Crippen LogP contribution in [0.2, 0.25) is 0 Å². The topological polar surface area (TPSA) is 36.4 Å². The number of anilines is 1. The lowest BCUT2D eigenvalue weighted by Crippen LogP contribution is -2.30. The lowest BCUT2D eigenvalue weighted by molar-refractivity contribution is 0.0993. The molecule has 0 saturated heterocycles. The molecule has 1 amide bonds. The molecular weight excluding hydrogens is 298 g/mol. The van der Waals surface area contributed by atoms with Gasteiger partial charge >= 0.3 is 0 Å². The molecule has 2 aromatic carbocycles. The fraction of sp³-hybridized carbons (Fsp3) is 0.300. The number of aromatic nitrogens is 1. The van der Waals surface area contributed by atoms with Gasteiger partial charge in [0.2, 0.25) is 0 Å². The van der Waals surface area contributed by atoms with Gasteiger partial charge in [0.05, 0.1) is 22.3 Å². The SMILES string of the molecule is Cc1ccc2nc3cccc4c3c(c2c1)C(=O)N4CCCN(C)C. The Kier molecular flexibility index (Phi) is 3.50. The van der Waals surface area contributed by atoms with E-state index in [9.17, 15) is 4.79 Å². The molecule has 3 aromatic rings. The summed E-state index contributed by atoms with van der Waals surface area (Å²) < 4.78 is 0. The number of carbonyl (C=O) groups excluding carboxylic acids is 1. The molecule has 0 aliphatic carbocycles. The number of hydrogen-bond acceptors (Lipinski definition) is 3. The summed E-state index contributed by atoms with van der Waals surface area (Å²) in [6, 6.07) is 12.2. The lowest BCUT2D eigenvalue weighted by Gasteiger charge is -2.19. The molecule has 24 heavy (non-hydrogen) atoms. The number of fused-ring (bicyclic) bond motifs is 2. The number of nitrogens with zero attached hydrogens (tertiary/aromatic N) is 3. The van der Waals surface area contributed by atoms with Gasteiger partial charge in [-0.05, 0) is 58.3 Å². The largest absolute Gasteiger partial charge is 0.309 e. The third-order valence-corrected chi connectivity index (χ3v) is 4.67. The van der Waals surface area contributed by atoms with E-state index >= 15 is 0 Å². The zero-order valence-electron chi connectivity index (χ0n) is 14.3. The van der Waals surface area contributed by atoms with E-state index in [0.717, 1.165) is 58.1 Å². The van der Waals surface area contributed by atoms with E-state index in [1.807, 2.05) is 35.2 Å². The Morgan fingerprint density at radius 1 is 1.12 bits per heavy atom. The molecule has 1 aliphatic rings. The van der Waals surface area contributed by atoms with Crippen LogP contribution in [0.5, 0.6) is 0 Å². The molecule has 0 spiro atoms. The first-order chi connectivity index (χ1) is 11.6. The quantitative estimate of drug-likeness (QED) is 0.689. The van der Waals surface area contributed by atoms with Crippen LogP contribution in [-0.4, -0.2) is 43.0 Å². The smallest absolute Gasteiger partial charge is 0.259 e. The highest BCUT2D eigenvalue weighted by atomic mass is 16.2. The number of benzene rings is 2. The highest BCUT2D eigenvalue weighted by Crippen LogP contribution is 2.40. The van der Waals surface area contributed by atoms with Crippen molar-refractivity contribution in [3.05, 3.63) is 47.5 Å². The van der Waals surface area contributed by atoms with E-state index in [-0.39, 0.29) is 5.91 Å². The molecule has 2 heterocycles. The zero-order chi connectivity index (χ0) is 16.8. The Hall–Kier alpha value is -2.46. The monoisotopic (exact) mass is 319 g/mol. The van der Waals surface area contributed by atoms with Crippen LogP contribution >= 0.6 is 0 Å². The predicted molar refractivity (Wildman–Crippen MR) is 98.8 cm³/mol. The number of pyridine rings is 1. The maximum Gasteiger partial charge on any atom is 0.259 e. The molecular formula is C20H21N3O. The number of rotatable bonds is 4. The average molecular weight is 319 g/mol. The lowest BCUT2D eigenvalue weighted by atomic mass is 10.0. The third-order valence-electron chi connectivity index (χ3n) is 4.67. The van der Waals surface area contributed by atoms with Crippen molar-refractivity contribution in [3.63, 3.8) is 0 Å². The fourth-order valence-corrected chi connectivity index (χ4v) is 3.55. The highest BCUT2D eigenvalue weighted by molar-refractivity contribution is 6.30. The minimum atomic E-state index is 0.109. The van der Waals surface area contributed by atoms with Crippen molar-refractivity contribution in [2.24, 2.45) is 0 Å². The summed E-state index contributed by atoms with van der Waals surface area (Å²) in [5, 5.41) is 1.97. The standard InChI is InChI=1S/C20H21N3O/c1-13-8-9-15-14(12-13)18-19-16(21-15)6-4-7-17(19)23(20(18)24)11-5-10-22(2)3/h4,6-9,12H,5,10-11H2,1-3H3. The Morgan fingerprint density at radius 3 is 2.75 bits per heavy atom. The van der Waals surface area contributed by atoms with E-state index < -0.39 is 0 Å². The van der Waals surface area contributed by atoms with Crippen LogP contribution in [0.4, 0.5) is 5.69 Å². The highest BCUT2D eigenvalue weighted by Gasteiger charge is 2.31. The molecule has 4 nitrogen and oxygen atoms in total. The van der Waals surface area contributed by atoms with E-state index in [1.54, 1.807) is 0 Å². The normalized spacial score (nSPS) is 13.7. The van der Waals surface area contributed by atoms with E-state index in [4.69, 9.17) is 4.98 Å². The Morgan fingerprint density at radius 2 is 1.96 bits per heavy atom. The predicted octanol–water partition coefficient (Wildman–Crippen LogP) is 3.61. The number of hydrogen-bond donors (Lipinski definition) is 0. The Bertz CT molecular complexity index is 962. The summed E-state index contributed by atoms with van der Waals surface area (Å²) >= 11 is 0. The molecule has 0 atom stereocenters. The van der Waals surface area contributed by atoms with Crippen molar-refractivity contribution in [1.29, 1.82) is 0 Å². The fourth-order valence-electron chi connectivity index (χ4n) is 3.55. The van der Waals surface area contributed by atoms with Gasteiger partial charge in [-0.15, -0.1) is 0 Å². The van der Waals surface area contributed by atoms with Crippen molar-refractivity contribution in [2.45, 2.75) is 13.3 Å². The van der Waals surface area contributed by atoms with Gasteiger partial charge < -0.3 is 9.80 Å². The van der Waals surface area contributed by atoms with Gasteiger partial charge in [0, 0.05) is 17.3 Å². The summed E-state index contributed by atoms with van der Waals surface area (Å²) in [5.41, 5.74) is 4.77. The summed E-state index contributed by atoms with van der Waals surface area (Å²) in [6.07, 6.45) is 0.952. The molecule has 0 radical (unpaired) electrons. The van der Waals surface area contributed by atoms with Crippen molar-refractivity contribution in [3.8, 4) is 0 Å². The van der Waals surface area contributed by atoms with Crippen LogP contribution < -0.4 is 4.90 Å². The van der Waals surface area contributed by atoms with Crippen LogP contribution in [-0.2, 0) is 0 Å². The molecule has 0 fully saturated rings. The van der Waals surface area contributed by atoms with Crippen molar-refractivity contribution < 1.29 is 4.79 Å². The number of aryl methyl sites for hydroxylation is 1. The second-order valence-electron chi connectivity index (χ2n) is 6.79. The second kappa shape index (κ2) is 5.56. The second-order valence-corrected chi connectivity index (χ2v) is 6.79. The number of carbonyl (C=O) groups is 1. The molecule has 0 N–H and O–H groups in total. The van der Waals surface area contributed by atoms with Gasteiger partial charge in [-0.25, -0.2) is 4.98 Å². The Labute approximate surface area is 141 Å². The first kappa shape index (κ1) is 15.1. The molecule has 0 bridgehead atoms. The minimum absolute atomic E-state index is 0.109. The summed E-state index contributed by atoms with van der Waals surface area (Å²) in [5.74, 6) is 0.109. The van der Waals surface area contributed by atoms with Crippen LogP contribution in [0.3, 0.4) is 0 Å². The summed E-state index contributed by atoms with van der Waals surface area (Å²) in [4.78, 5) is 22.0. The molecule has 0 saturated carbocycles. The van der Waals surface area contributed by atoms with Crippen molar-refractivity contribution in [1.82, 2.24) is 9.88 Å². The van der Waals surface area contributed by atoms with Crippen molar-refractivity contribution >= 4 is 33.4 Å². The first-order valence-electron chi connectivity index (χ1n) is 8.36. The molecule has 1 aromatic heterocycles. The van der Waals surface area contributed by atoms with Gasteiger partial charge in [-0.3, -0.25) is 4.79 Å². The summed E-state index contributed by atoms with van der Waals surface area (Å²) in [7, 11) is 4.11. The van der Waals surface area contributed by atoms with Crippen LogP contribution in [0, 0.1) is 6.92 Å². The first-order valence-corrected chi connectivity index (χ1v) is 8.36. The van der Waals surface area contributed by atoms with Gasteiger partial charge in [-0.2, -0.15) is 0 Å². The van der Waals surface area contributed by atoms with Crippen molar-refractivity contribution in [2.75, 3.05) is 32.1 Å². The maximum absolute atomic E-state index is 13.2. The van der Waals surface area contributed by atoms with E-state index in [0.29, 0.717) is 0 Å². The summed E-state index contributed by atoms with van der Waals surface area (Å²) in [6.45, 7) is 3.75. The average Bonchev–Trinajstić information content (AvgIpc) is 2.83. The van der Waals surface area contributed by atoms with Gasteiger partial charge in [0.25, 0.3) is 5.91 Å². The maximum atomic E-state index is 13.2. The van der Waals surface area contributed by atoms with Crippen LogP contribution in [0.25, 0.3) is 21.8 Å². The van der Waals surface area contributed by atoms with E-state index in [1.165, 1.54) is 0 Å². The van der Waals surface area contributed by atoms with E-state index in [2.05, 4.69) is 32.0 Å². The van der Waals surface area contributed by atoms with Crippen LogP contribution in [0.1, 0.15) is 22.3 Å². The van der Waals surface area contributed by atoms with Crippen LogP contribution in [0.15, 0.2) is 36.4 Å².